The number of nitrogens with zero attached hydrogens (tertiary/aromatic N) is 2. The molecule has 0 saturated carbocycles. The summed E-state index contributed by atoms with van der Waals surface area (Å²) in [4.78, 5) is 0. The van der Waals surface area contributed by atoms with Gasteiger partial charge >= 0.3 is 0 Å². The second kappa shape index (κ2) is 8.34. The minimum atomic E-state index is -0.243. The van der Waals surface area contributed by atoms with Crippen LogP contribution in [0.4, 0.5) is 0 Å². The van der Waals surface area contributed by atoms with E-state index in [9.17, 15) is 0 Å². The number of rotatable bonds is 5. The lowest BCUT2D eigenvalue weighted by atomic mass is 9.89. The average Bonchev–Trinajstić information content (AvgIpc) is 3.05. The monoisotopic (exact) mass is 412 g/mol. The van der Waals surface area contributed by atoms with E-state index in [2.05, 4.69) is 111 Å². The molecule has 1 unspecified atom stereocenters. The van der Waals surface area contributed by atoms with E-state index in [0.717, 1.165) is 5.56 Å². The SMILES string of the molecule is [2H]C(C)c1cc(C(C)C)c(-n2c(-c3ccccc3C)[n+](C)c3ccccc32)c(C(C)C)c1. The second-order valence-corrected chi connectivity index (χ2v) is 9.17. The first kappa shape index (κ1) is 20.1. The Hall–Kier alpha value is -2.87. The fourth-order valence-corrected chi connectivity index (χ4v) is 4.68. The van der Waals surface area contributed by atoms with Crippen LogP contribution in [0, 0.1) is 6.92 Å². The molecule has 0 aliphatic rings. The molecule has 31 heavy (non-hydrogen) atoms. The first-order valence-electron chi connectivity index (χ1n) is 12.0. The van der Waals surface area contributed by atoms with Crippen LogP contribution in [0.15, 0.2) is 60.7 Å². The zero-order chi connectivity index (χ0) is 23.2. The highest BCUT2D eigenvalue weighted by atomic mass is 15.2. The van der Waals surface area contributed by atoms with Crippen molar-refractivity contribution >= 4 is 11.0 Å². The van der Waals surface area contributed by atoms with Crippen molar-refractivity contribution in [2.75, 3.05) is 0 Å². The van der Waals surface area contributed by atoms with Gasteiger partial charge in [-0.2, -0.15) is 4.57 Å². The molecular weight excluding hydrogens is 376 g/mol. The summed E-state index contributed by atoms with van der Waals surface area (Å²) in [6.07, 6.45) is -0.243. The van der Waals surface area contributed by atoms with Gasteiger partial charge in [0.05, 0.1) is 12.6 Å². The highest BCUT2D eigenvalue weighted by Crippen LogP contribution is 2.38. The minimum Gasteiger partial charge on any atom is -0.225 e. The van der Waals surface area contributed by atoms with E-state index >= 15 is 0 Å². The van der Waals surface area contributed by atoms with E-state index in [1.54, 1.807) is 0 Å². The Bertz CT molecular complexity index is 1250. The van der Waals surface area contributed by atoms with Crippen LogP contribution in [0.25, 0.3) is 28.1 Å². The van der Waals surface area contributed by atoms with Crippen LogP contribution < -0.4 is 4.57 Å². The molecule has 0 spiro atoms. The highest BCUT2D eigenvalue weighted by Gasteiger charge is 2.31. The molecule has 0 radical (unpaired) electrons. The predicted octanol–water partition coefficient (Wildman–Crippen LogP) is 7.24. The molecule has 4 aromatic rings. The molecule has 1 heterocycles. The Morgan fingerprint density at radius 1 is 0.903 bits per heavy atom. The van der Waals surface area contributed by atoms with Crippen molar-refractivity contribution in [2.45, 2.75) is 59.8 Å². The molecule has 0 aliphatic heterocycles. The number of hydrogen-bond acceptors (Lipinski definition) is 0. The normalized spacial score (nSPS) is 13.3. The highest BCUT2D eigenvalue weighted by molar-refractivity contribution is 5.81. The number of benzene rings is 3. The number of aromatic nitrogens is 2. The molecule has 160 valence electrons. The van der Waals surface area contributed by atoms with E-state index < -0.39 is 0 Å². The molecule has 0 N–H and O–H groups in total. The maximum Gasteiger partial charge on any atom is 0.295 e. The number of aryl methyl sites for hydroxylation is 3. The Balaban J connectivity index is 2.22. The van der Waals surface area contributed by atoms with Crippen LogP contribution in [0.3, 0.4) is 0 Å². The quantitative estimate of drug-likeness (QED) is 0.305. The van der Waals surface area contributed by atoms with Crippen LogP contribution in [-0.4, -0.2) is 4.57 Å². The third kappa shape index (κ3) is 3.59. The van der Waals surface area contributed by atoms with Gasteiger partial charge in [-0.05, 0) is 54.5 Å². The minimum absolute atomic E-state index is 0.243. The zero-order valence-corrected chi connectivity index (χ0v) is 19.9. The Morgan fingerprint density at radius 3 is 2.06 bits per heavy atom. The van der Waals surface area contributed by atoms with Gasteiger partial charge in [-0.25, -0.2) is 4.57 Å². The largest absolute Gasteiger partial charge is 0.295 e. The first-order chi connectivity index (χ1) is 15.2. The van der Waals surface area contributed by atoms with Crippen LogP contribution >= 0.6 is 0 Å². The molecule has 1 atom stereocenters. The number of para-hydroxylation sites is 2. The maximum atomic E-state index is 8.40. The Morgan fingerprint density at radius 2 is 1.48 bits per heavy atom. The summed E-state index contributed by atoms with van der Waals surface area (Å²) in [7, 11) is 2.17. The number of imidazole rings is 1. The lowest BCUT2D eigenvalue weighted by molar-refractivity contribution is -0.633. The van der Waals surface area contributed by atoms with Crippen molar-refractivity contribution in [3.63, 3.8) is 0 Å². The van der Waals surface area contributed by atoms with Crippen molar-refractivity contribution < 1.29 is 5.94 Å². The van der Waals surface area contributed by atoms with E-state index in [4.69, 9.17) is 1.37 Å². The van der Waals surface area contributed by atoms with Gasteiger partial charge in [0.1, 0.15) is 5.69 Å². The molecule has 4 rings (SSSR count). The summed E-state index contributed by atoms with van der Waals surface area (Å²) in [6.45, 7) is 13.2. The third-order valence-electron chi connectivity index (χ3n) is 6.39. The van der Waals surface area contributed by atoms with E-state index in [1.165, 1.54) is 44.8 Å². The molecule has 0 aliphatic carbocycles. The van der Waals surface area contributed by atoms with E-state index in [1.807, 2.05) is 6.92 Å². The molecule has 3 aromatic carbocycles. The van der Waals surface area contributed by atoms with Gasteiger partial charge in [-0.3, -0.25) is 0 Å². The van der Waals surface area contributed by atoms with Crippen LogP contribution in [0.2, 0.25) is 0 Å². The fourth-order valence-electron chi connectivity index (χ4n) is 4.68. The predicted molar refractivity (Wildman–Crippen MR) is 132 cm³/mol. The second-order valence-electron chi connectivity index (χ2n) is 9.17. The van der Waals surface area contributed by atoms with Gasteiger partial charge in [-0.15, -0.1) is 0 Å². The maximum absolute atomic E-state index is 8.40. The standard InChI is InChI=1S/C29H35N2/c1-8-22-17-24(19(2)3)28(25(18-22)20(4)5)31-27-16-12-11-15-26(27)30(7)29(31)23-14-10-9-13-21(23)6/h9-20H,8H2,1-7H3/q+1/i8D. The van der Waals surface area contributed by atoms with Crippen LogP contribution in [-0.2, 0) is 13.4 Å². The van der Waals surface area contributed by atoms with Crippen molar-refractivity contribution in [1.29, 1.82) is 0 Å². The molecule has 0 amide bonds. The number of hydrogen-bond donors (Lipinski definition) is 0. The van der Waals surface area contributed by atoms with Crippen molar-refractivity contribution in [3.05, 3.63) is 82.9 Å². The van der Waals surface area contributed by atoms with Crippen LogP contribution in [0.1, 0.15) is 70.1 Å². The van der Waals surface area contributed by atoms with Crippen molar-refractivity contribution in [3.8, 4) is 17.1 Å². The zero-order valence-electron chi connectivity index (χ0n) is 20.9. The topological polar surface area (TPSA) is 8.81 Å². The molecular formula is C29H35N2+. The first-order valence-corrected chi connectivity index (χ1v) is 11.4. The summed E-state index contributed by atoms with van der Waals surface area (Å²) in [6, 6.07) is 21.9. The fraction of sp³-hybridized carbons (Fsp3) is 0.345. The Labute approximate surface area is 188 Å². The Kier molecular flexibility index (Phi) is 5.40. The summed E-state index contributed by atoms with van der Waals surface area (Å²) < 4.78 is 13.2. The van der Waals surface area contributed by atoms with Crippen molar-refractivity contribution in [2.24, 2.45) is 7.05 Å². The van der Waals surface area contributed by atoms with Gasteiger partial charge in [0, 0.05) is 12.5 Å². The summed E-state index contributed by atoms with van der Waals surface area (Å²) in [5.74, 6) is 1.88. The van der Waals surface area contributed by atoms with Gasteiger partial charge in [0.15, 0.2) is 11.0 Å². The average molecular weight is 413 g/mol. The lowest BCUT2D eigenvalue weighted by Crippen LogP contribution is -2.30. The molecule has 2 nitrogen and oxygen atoms in total. The summed E-state index contributed by atoms with van der Waals surface area (Å²) >= 11 is 0. The van der Waals surface area contributed by atoms with Gasteiger partial charge in [0.2, 0.25) is 0 Å². The smallest absolute Gasteiger partial charge is 0.225 e. The van der Waals surface area contributed by atoms with Gasteiger partial charge < -0.3 is 0 Å². The molecule has 0 bridgehead atoms. The molecule has 1 aromatic heterocycles. The summed E-state index contributed by atoms with van der Waals surface area (Å²) in [5, 5.41) is 0. The van der Waals surface area contributed by atoms with Gasteiger partial charge in [-0.1, -0.05) is 77.1 Å². The summed E-state index contributed by atoms with van der Waals surface area (Å²) in [5.41, 5.74) is 9.92. The van der Waals surface area contributed by atoms with Crippen LogP contribution in [0.5, 0.6) is 0 Å². The molecule has 0 saturated heterocycles. The third-order valence-corrected chi connectivity index (χ3v) is 6.39. The van der Waals surface area contributed by atoms with E-state index in [-0.39, 0.29) is 6.40 Å². The van der Waals surface area contributed by atoms with Crippen molar-refractivity contribution in [1.82, 2.24) is 4.57 Å². The van der Waals surface area contributed by atoms with E-state index in [0.29, 0.717) is 11.8 Å². The molecule has 0 fully saturated rings. The molecule has 2 heteroatoms. The van der Waals surface area contributed by atoms with Gasteiger partial charge in [0.25, 0.3) is 5.82 Å². The number of fused-ring (bicyclic) bond motifs is 1. The lowest BCUT2D eigenvalue weighted by Gasteiger charge is -2.20.